The standard InChI is InChI=1S/C18H30O2/c1-2-20-18(19)17-9-5-8-16(17)15-11-10-13-6-3-4-7-14(13)12-15/h13-17H,2-12H2,1H3. The Kier molecular flexibility index (Phi) is 4.68. The fourth-order valence-corrected chi connectivity index (χ4v) is 5.39. The van der Waals surface area contributed by atoms with Crippen molar-refractivity contribution in [1.82, 2.24) is 0 Å². The van der Waals surface area contributed by atoms with E-state index in [1.165, 1.54) is 57.8 Å². The summed E-state index contributed by atoms with van der Waals surface area (Å²) < 4.78 is 5.31. The lowest BCUT2D eigenvalue weighted by atomic mass is 9.63. The summed E-state index contributed by atoms with van der Waals surface area (Å²) in [5.41, 5.74) is 0. The molecule has 0 spiro atoms. The Morgan fingerprint density at radius 3 is 2.45 bits per heavy atom. The van der Waals surface area contributed by atoms with Gasteiger partial charge in [0, 0.05) is 0 Å². The van der Waals surface area contributed by atoms with Crippen LogP contribution in [-0.4, -0.2) is 12.6 Å². The van der Waals surface area contributed by atoms with E-state index in [9.17, 15) is 4.79 Å². The maximum absolute atomic E-state index is 12.2. The molecule has 0 N–H and O–H groups in total. The minimum absolute atomic E-state index is 0.0979. The molecule has 0 bridgehead atoms. The highest BCUT2D eigenvalue weighted by Crippen LogP contribution is 2.49. The van der Waals surface area contributed by atoms with Crippen molar-refractivity contribution in [1.29, 1.82) is 0 Å². The Labute approximate surface area is 123 Å². The van der Waals surface area contributed by atoms with Gasteiger partial charge in [0.2, 0.25) is 0 Å². The normalized spacial score (nSPS) is 41.1. The van der Waals surface area contributed by atoms with Gasteiger partial charge in [-0.15, -0.1) is 0 Å². The monoisotopic (exact) mass is 278 g/mol. The van der Waals surface area contributed by atoms with E-state index in [1.807, 2.05) is 6.92 Å². The van der Waals surface area contributed by atoms with Crippen LogP contribution >= 0.6 is 0 Å². The molecule has 3 fully saturated rings. The van der Waals surface area contributed by atoms with Crippen molar-refractivity contribution in [3.05, 3.63) is 0 Å². The van der Waals surface area contributed by atoms with Crippen LogP contribution in [0.5, 0.6) is 0 Å². The lowest BCUT2D eigenvalue weighted by Gasteiger charge is -2.42. The lowest BCUT2D eigenvalue weighted by molar-refractivity contribution is -0.150. The molecule has 0 aromatic carbocycles. The predicted octanol–water partition coefficient (Wildman–Crippen LogP) is 4.57. The van der Waals surface area contributed by atoms with Crippen LogP contribution in [0.15, 0.2) is 0 Å². The second-order valence-corrected chi connectivity index (χ2v) is 7.33. The van der Waals surface area contributed by atoms with Crippen molar-refractivity contribution in [3.63, 3.8) is 0 Å². The zero-order chi connectivity index (χ0) is 13.9. The number of carbonyl (C=O) groups excluding carboxylic acids is 1. The van der Waals surface area contributed by atoms with E-state index in [0.717, 1.165) is 24.2 Å². The van der Waals surface area contributed by atoms with E-state index in [0.29, 0.717) is 12.5 Å². The quantitative estimate of drug-likeness (QED) is 0.707. The minimum atomic E-state index is 0.0979. The van der Waals surface area contributed by atoms with Crippen LogP contribution in [0.2, 0.25) is 0 Å². The largest absolute Gasteiger partial charge is 0.466 e. The summed E-state index contributed by atoms with van der Waals surface area (Å²) in [6.45, 7) is 2.46. The van der Waals surface area contributed by atoms with Crippen LogP contribution in [0.1, 0.15) is 71.1 Å². The van der Waals surface area contributed by atoms with Gasteiger partial charge in [-0.3, -0.25) is 4.79 Å². The highest BCUT2D eigenvalue weighted by molar-refractivity contribution is 5.73. The highest BCUT2D eigenvalue weighted by atomic mass is 16.5. The third-order valence-electron chi connectivity index (χ3n) is 6.34. The van der Waals surface area contributed by atoms with Crippen molar-refractivity contribution < 1.29 is 9.53 Å². The molecule has 20 heavy (non-hydrogen) atoms. The van der Waals surface area contributed by atoms with Gasteiger partial charge in [-0.1, -0.05) is 32.1 Å². The summed E-state index contributed by atoms with van der Waals surface area (Å²) in [6.07, 6.45) is 13.6. The molecular formula is C18H30O2. The molecular weight excluding hydrogens is 248 g/mol. The molecule has 114 valence electrons. The molecule has 0 radical (unpaired) electrons. The number of rotatable bonds is 3. The van der Waals surface area contributed by atoms with Crippen molar-refractivity contribution >= 4 is 5.97 Å². The maximum Gasteiger partial charge on any atom is 0.309 e. The first-order valence-corrected chi connectivity index (χ1v) is 8.96. The van der Waals surface area contributed by atoms with Crippen LogP contribution in [0.4, 0.5) is 0 Å². The Bertz CT molecular complexity index is 338. The first-order chi connectivity index (χ1) is 9.79. The van der Waals surface area contributed by atoms with Crippen molar-refractivity contribution in [2.75, 3.05) is 6.61 Å². The molecule has 0 aliphatic heterocycles. The van der Waals surface area contributed by atoms with Gasteiger partial charge < -0.3 is 4.74 Å². The fraction of sp³-hybridized carbons (Fsp3) is 0.944. The summed E-state index contributed by atoms with van der Waals surface area (Å²) in [7, 11) is 0. The SMILES string of the molecule is CCOC(=O)C1CCCC1C1CCC2CCCCC2C1. The molecule has 0 aromatic rings. The molecule has 3 rings (SSSR count). The average Bonchev–Trinajstić information content (AvgIpc) is 2.96. The molecule has 0 aromatic heterocycles. The van der Waals surface area contributed by atoms with Crippen LogP contribution in [0.25, 0.3) is 0 Å². The molecule has 0 saturated heterocycles. The van der Waals surface area contributed by atoms with Crippen LogP contribution in [-0.2, 0) is 9.53 Å². The second-order valence-electron chi connectivity index (χ2n) is 7.33. The topological polar surface area (TPSA) is 26.3 Å². The average molecular weight is 278 g/mol. The minimum Gasteiger partial charge on any atom is -0.466 e. The maximum atomic E-state index is 12.2. The number of hydrogen-bond acceptors (Lipinski definition) is 2. The molecule has 5 unspecified atom stereocenters. The van der Waals surface area contributed by atoms with Crippen molar-refractivity contribution in [2.24, 2.45) is 29.6 Å². The number of esters is 1. The Morgan fingerprint density at radius 2 is 1.65 bits per heavy atom. The van der Waals surface area contributed by atoms with E-state index in [2.05, 4.69) is 0 Å². The van der Waals surface area contributed by atoms with Gasteiger partial charge in [0.15, 0.2) is 0 Å². The number of carbonyl (C=O) groups is 1. The lowest BCUT2D eigenvalue weighted by Crippen LogP contribution is -2.34. The van der Waals surface area contributed by atoms with Gasteiger partial charge in [0.1, 0.15) is 0 Å². The van der Waals surface area contributed by atoms with Crippen LogP contribution in [0.3, 0.4) is 0 Å². The molecule has 0 heterocycles. The molecule has 5 atom stereocenters. The number of ether oxygens (including phenoxy) is 1. The first kappa shape index (κ1) is 14.4. The Balaban J connectivity index is 1.61. The molecule has 3 aliphatic carbocycles. The van der Waals surface area contributed by atoms with Gasteiger partial charge in [-0.2, -0.15) is 0 Å². The van der Waals surface area contributed by atoms with Gasteiger partial charge >= 0.3 is 5.97 Å². The van der Waals surface area contributed by atoms with E-state index in [4.69, 9.17) is 4.74 Å². The van der Waals surface area contributed by atoms with Gasteiger partial charge in [0.05, 0.1) is 12.5 Å². The molecule has 2 heteroatoms. The summed E-state index contributed by atoms with van der Waals surface area (Å²) in [5, 5.41) is 0. The van der Waals surface area contributed by atoms with Gasteiger partial charge in [-0.05, 0) is 62.7 Å². The fourth-order valence-electron chi connectivity index (χ4n) is 5.39. The van der Waals surface area contributed by atoms with Gasteiger partial charge in [0.25, 0.3) is 0 Å². The van der Waals surface area contributed by atoms with E-state index in [1.54, 1.807) is 0 Å². The number of fused-ring (bicyclic) bond motifs is 1. The zero-order valence-corrected chi connectivity index (χ0v) is 13.0. The third kappa shape index (κ3) is 2.89. The summed E-state index contributed by atoms with van der Waals surface area (Å²) in [5.74, 6) is 3.76. The Hall–Kier alpha value is -0.530. The molecule has 2 nitrogen and oxygen atoms in total. The predicted molar refractivity (Wildman–Crippen MR) is 80.3 cm³/mol. The van der Waals surface area contributed by atoms with E-state index in [-0.39, 0.29) is 11.9 Å². The smallest absolute Gasteiger partial charge is 0.309 e. The van der Waals surface area contributed by atoms with Crippen molar-refractivity contribution in [2.45, 2.75) is 71.1 Å². The summed E-state index contributed by atoms with van der Waals surface area (Å²) in [4.78, 5) is 12.2. The first-order valence-electron chi connectivity index (χ1n) is 8.96. The second kappa shape index (κ2) is 6.49. The highest BCUT2D eigenvalue weighted by Gasteiger charge is 2.42. The molecule has 0 amide bonds. The third-order valence-corrected chi connectivity index (χ3v) is 6.34. The van der Waals surface area contributed by atoms with E-state index >= 15 is 0 Å². The molecule has 3 aliphatic rings. The number of hydrogen-bond donors (Lipinski definition) is 0. The summed E-state index contributed by atoms with van der Waals surface area (Å²) in [6, 6.07) is 0. The van der Waals surface area contributed by atoms with Crippen LogP contribution < -0.4 is 0 Å². The summed E-state index contributed by atoms with van der Waals surface area (Å²) >= 11 is 0. The molecule has 3 saturated carbocycles. The van der Waals surface area contributed by atoms with Crippen LogP contribution in [0, 0.1) is 29.6 Å². The van der Waals surface area contributed by atoms with Gasteiger partial charge in [-0.25, -0.2) is 0 Å². The van der Waals surface area contributed by atoms with Crippen molar-refractivity contribution in [3.8, 4) is 0 Å². The Morgan fingerprint density at radius 1 is 0.900 bits per heavy atom. The zero-order valence-electron chi connectivity index (χ0n) is 13.0. The van der Waals surface area contributed by atoms with E-state index < -0.39 is 0 Å².